The molecule has 0 bridgehead atoms. The molecule has 0 heterocycles. The summed E-state index contributed by atoms with van der Waals surface area (Å²) in [4.78, 5) is 27.9. The number of hydrogen-bond donors (Lipinski definition) is 1. The van der Waals surface area contributed by atoms with Crippen molar-refractivity contribution in [3.8, 4) is 5.75 Å². The average Bonchev–Trinajstić information content (AvgIpc) is 2.81. The Balaban J connectivity index is 1.88. The van der Waals surface area contributed by atoms with Gasteiger partial charge in [0.2, 0.25) is 5.91 Å². The van der Waals surface area contributed by atoms with Gasteiger partial charge in [0.1, 0.15) is 11.8 Å². The molecule has 5 nitrogen and oxygen atoms in total. The zero-order chi connectivity index (χ0) is 23.8. The fourth-order valence-corrected chi connectivity index (χ4v) is 3.95. The Morgan fingerprint density at radius 1 is 0.970 bits per heavy atom. The van der Waals surface area contributed by atoms with Crippen LogP contribution in [-0.2, 0) is 22.6 Å². The standard InChI is InChI=1S/C27H29ClN2O3/c1-19-12-13-25(20(2)14-19)33-18-26(31)30(17-22-10-7-11-23(28)15-22)24(27(32)29-3)16-21-8-5-4-6-9-21/h4-15,24H,16-18H2,1-3H3,(H,29,32)/t24-/m1/s1. The number of ether oxygens (including phenoxy) is 1. The summed E-state index contributed by atoms with van der Waals surface area (Å²) in [6, 6.07) is 22.1. The van der Waals surface area contributed by atoms with Gasteiger partial charge in [-0.05, 0) is 48.7 Å². The van der Waals surface area contributed by atoms with E-state index in [1.165, 1.54) is 0 Å². The average molecular weight is 465 g/mol. The van der Waals surface area contributed by atoms with Crippen molar-refractivity contribution in [1.82, 2.24) is 10.2 Å². The van der Waals surface area contributed by atoms with E-state index in [9.17, 15) is 9.59 Å². The molecule has 0 aliphatic rings. The third-order valence-electron chi connectivity index (χ3n) is 5.44. The monoisotopic (exact) mass is 464 g/mol. The normalized spacial score (nSPS) is 11.5. The molecule has 2 amide bonds. The number of rotatable bonds is 9. The van der Waals surface area contributed by atoms with E-state index in [4.69, 9.17) is 16.3 Å². The highest BCUT2D eigenvalue weighted by molar-refractivity contribution is 6.30. The van der Waals surface area contributed by atoms with Gasteiger partial charge in [-0.25, -0.2) is 0 Å². The second kappa shape index (κ2) is 11.5. The van der Waals surface area contributed by atoms with Crippen molar-refractivity contribution < 1.29 is 14.3 Å². The third kappa shape index (κ3) is 6.83. The van der Waals surface area contributed by atoms with Gasteiger partial charge in [-0.2, -0.15) is 0 Å². The van der Waals surface area contributed by atoms with E-state index in [0.29, 0.717) is 17.2 Å². The molecule has 6 heteroatoms. The summed E-state index contributed by atoms with van der Waals surface area (Å²) < 4.78 is 5.86. The van der Waals surface area contributed by atoms with Crippen LogP contribution in [0.4, 0.5) is 0 Å². The first-order chi connectivity index (χ1) is 15.9. The third-order valence-corrected chi connectivity index (χ3v) is 5.68. The molecule has 0 saturated heterocycles. The summed E-state index contributed by atoms with van der Waals surface area (Å²) in [6.07, 6.45) is 0.385. The van der Waals surface area contributed by atoms with Gasteiger partial charge in [-0.1, -0.05) is 71.8 Å². The van der Waals surface area contributed by atoms with Gasteiger partial charge in [-0.15, -0.1) is 0 Å². The Morgan fingerprint density at radius 2 is 1.70 bits per heavy atom. The van der Waals surface area contributed by atoms with Crippen LogP contribution >= 0.6 is 11.6 Å². The molecule has 0 unspecified atom stereocenters. The van der Waals surface area contributed by atoms with Crippen LogP contribution in [0.5, 0.6) is 5.75 Å². The van der Waals surface area contributed by atoms with Crippen molar-refractivity contribution >= 4 is 23.4 Å². The second-order valence-corrected chi connectivity index (χ2v) is 8.47. The van der Waals surface area contributed by atoms with Crippen molar-refractivity contribution in [1.29, 1.82) is 0 Å². The van der Waals surface area contributed by atoms with E-state index in [0.717, 1.165) is 22.3 Å². The lowest BCUT2D eigenvalue weighted by atomic mass is 10.0. The van der Waals surface area contributed by atoms with Crippen LogP contribution in [0.15, 0.2) is 72.8 Å². The van der Waals surface area contributed by atoms with Crippen LogP contribution in [0, 0.1) is 13.8 Å². The number of aryl methyl sites for hydroxylation is 2. The Bertz CT molecular complexity index is 1100. The van der Waals surface area contributed by atoms with Crippen molar-refractivity contribution in [2.24, 2.45) is 0 Å². The number of halogens is 1. The number of carbonyl (C=O) groups excluding carboxylic acids is 2. The van der Waals surface area contributed by atoms with Gasteiger partial charge < -0.3 is 15.0 Å². The topological polar surface area (TPSA) is 58.6 Å². The number of nitrogens with one attached hydrogen (secondary N) is 1. The molecular formula is C27H29ClN2O3. The summed E-state index contributed by atoms with van der Waals surface area (Å²) >= 11 is 6.17. The van der Waals surface area contributed by atoms with Crippen LogP contribution in [0.3, 0.4) is 0 Å². The fourth-order valence-electron chi connectivity index (χ4n) is 3.74. The zero-order valence-electron chi connectivity index (χ0n) is 19.2. The summed E-state index contributed by atoms with van der Waals surface area (Å²) in [7, 11) is 1.58. The molecule has 3 aromatic rings. The number of nitrogens with zero attached hydrogens (tertiary/aromatic N) is 1. The molecule has 0 spiro atoms. The quantitative estimate of drug-likeness (QED) is 0.498. The molecule has 0 aliphatic heterocycles. The molecule has 172 valence electrons. The molecule has 0 radical (unpaired) electrons. The highest BCUT2D eigenvalue weighted by Gasteiger charge is 2.30. The first kappa shape index (κ1) is 24.3. The van der Waals surface area contributed by atoms with Gasteiger partial charge in [0.05, 0.1) is 0 Å². The minimum atomic E-state index is -0.702. The Hall–Kier alpha value is -3.31. The molecule has 0 aliphatic carbocycles. The molecule has 33 heavy (non-hydrogen) atoms. The summed E-state index contributed by atoms with van der Waals surface area (Å²) in [5.74, 6) is 0.136. The van der Waals surface area contributed by atoms with Gasteiger partial charge in [0.15, 0.2) is 6.61 Å². The molecule has 0 saturated carbocycles. The highest BCUT2D eigenvalue weighted by atomic mass is 35.5. The maximum atomic E-state index is 13.4. The van der Waals surface area contributed by atoms with Crippen LogP contribution < -0.4 is 10.1 Å². The minimum Gasteiger partial charge on any atom is -0.483 e. The number of benzene rings is 3. The van der Waals surface area contributed by atoms with Gasteiger partial charge in [-0.3, -0.25) is 9.59 Å². The predicted molar refractivity (Wildman–Crippen MR) is 131 cm³/mol. The largest absolute Gasteiger partial charge is 0.483 e. The van der Waals surface area contributed by atoms with E-state index in [2.05, 4.69) is 5.32 Å². The fraction of sp³-hybridized carbons (Fsp3) is 0.259. The van der Waals surface area contributed by atoms with Gasteiger partial charge in [0, 0.05) is 25.0 Å². The summed E-state index contributed by atoms with van der Waals surface area (Å²) in [5.41, 5.74) is 3.88. The van der Waals surface area contributed by atoms with E-state index in [1.54, 1.807) is 24.1 Å². The van der Waals surface area contributed by atoms with Crippen LogP contribution in [0.2, 0.25) is 5.02 Å². The Labute approximate surface area is 200 Å². The Kier molecular flexibility index (Phi) is 8.50. The number of hydrogen-bond acceptors (Lipinski definition) is 3. The lowest BCUT2D eigenvalue weighted by Crippen LogP contribution is -2.51. The zero-order valence-corrected chi connectivity index (χ0v) is 19.9. The van der Waals surface area contributed by atoms with E-state index in [-0.39, 0.29) is 25.0 Å². The molecule has 0 aromatic heterocycles. The van der Waals surface area contributed by atoms with E-state index < -0.39 is 6.04 Å². The van der Waals surface area contributed by atoms with Crippen LogP contribution in [0.25, 0.3) is 0 Å². The van der Waals surface area contributed by atoms with E-state index in [1.807, 2.05) is 74.5 Å². The van der Waals surface area contributed by atoms with Crippen molar-refractivity contribution in [2.45, 2.75) is 32.9 Å². The first-order valence-electron chi connectivity index (χ1n) is 10.9. The summed E-state index contributed by atoms with van der Waals surface area (Å²) in [6.45, 7) is 4.01. The maximum Gasteiger partial charge on any atom is 0.261 e. The van der Waals surface area contributed by atoms with Crippen LogP contribution in [-0.4, -0.2) is 36.4 Å². The first-order valence-corrected chi connectivity index (χ1v) is 11.2. The molecule has 3 rings (SSSR count). The molecule has 3 aromatic carbocycles. The highest BCUT2D eigenvalue weighted by Crippen LogP contribution is 2.21. The van der Waals surface area contributed by atoms with Crippen molar-refractivity contribution in [3.63, 3.8) is 0 Å². The molecule has 1 N–H and O–H groups in total. The lowest BCUT2D eigenvalue weighted by molar-refractivity contribution is -0.142. The Morgan fingerprint density at radius 3 is 2.36 bits per heavy atom. The smallest absolute Gasteiger partial charge is 0.261 e. The van der Waals surface area contributed by atoms with Gasteiger partial charge >= 0.3 is 0 Å². The molecule has 0 fully saturated rings. The molecular weight excluding hydrogens is 436 g/mol. The molecule has 1 atom stereocenters. The minimum absolute atomic E-state index is 0.174. The van der Waals surface area contributed by atoms with E-state index >= 15 is 0 Å². The number of amides is 2. The van der Waals surface area contributed by atoms with Crippen molar-refractivity contribution in [2.75, 3.05) is 13.7 Å². The SMILES string of the molecule is CNC(=O)[C@@H](Cc1ccccc1)N(Cc1cccc(Cl)c1)C(=O)COc1ccc(C)cc1C. The number of likely N-dealkylation sites (N-methyl/N-ethyl adjacent to an activating group) is 1. The lowest BCUT2D eigenvalue weighted by Gasteiger charge is -2.31. The van der Waals surface area contributed by atoms with Crippen LogP contribution in [0.1, 0.15) is 22.3 Å². The summed E-state index contributed by atoms with van der Waals surface area (Å²) in [5, 5.41) is 3.28. The maximum absolute atomic E-state index is 13.4. The second-order valence-electron chi connectivity index (χ2n) is 8.03. The number of carbonyl (C=O) groups is 2. The van der Waals surface area contributed by atoms with Crippen molar-refractivity contribution in [3.05, 3.63) is 100 Å². The van der Waals surface area contributed by atoms with Gasteiger partial charge in [0.25, 0.3) is 5.91 Å². The predicted octanol–water partition coefficient (Wildman–Crippen LogP) is 4.72.